The van der Waals surface area contributed by atoms with E-state index in [1.165, 1.54) is 12.1 Å². The second-order valence-electron chi connectivity index (χ2n) is 5.97. The van der Waals surface area contributed by atoms with E-state index in [0.29, 0.717) is 19.1 Å². The second-order valence-corrected chi connectivity index (χ2v) is 5.97. The van der Waals surface area contributed by atoms with E-state index >= 15 is 0 Å². The number of rotatable bonds is 5. The topological polar surface area (TPSA) is 32.8 Å². The third kappa shape index (κ3) is 3.09. The number of methoxy groups -OCH3 is 1. The monoisotopic (exact) mass is 292 g/mol. The van der Waals surface area contributed by atoms with Crippen LogP contribution < -0.4 is 0 Å². The zero-order chi connectivity index (χ0) is 14.8. The Morgan fingerprint density at radius 1 is 1.33 bits per heavy atom. The molecule has 0 aromatic heterocycles. The van der Waals surface area contributed by atoms with Crippen molar-refractivity contribution < 1.29 is 13.9 Å². The first-order valence-corrected chi connectivity index (χ1v) is 7.42. The average molecular weight is 292 g/mol. The molecule has 4 nitrogen and oxygen atoms in total. The lowest BCUT2D eigenvalue weighted by atomic mass is 10.0. The Kier molecular flexibility index (Phi) is 4.22. The van der Waals surface area contributed by atoms with Crippen molar-refractivity contribution in [3.8, 4) is 0 Å². The second kappa shape index (κ2) is 6.12. The number of fused-ring (bicyclic) bond motifs is 1. The quantitative estimate of drug-likeness (QED) is 0.821. The third-order valence-electron chi connectivity index (χ3n) is 4.47. The molecule has 0 radical (unpaired) electrons. The summed E-state index contributed by atoms with van der Waals surface area (Å²) in [4.78, 5) is 16.6. The van der Waals surface area contributed by atoms with Crippen LogP contribution in [0.15, 0.2) is 24.3 Å². The highest BCUT2D eigenvalue weighted by atomic mass is 19.1. The van der Waals surface area contributed by atoms with E-state index in [-0.39, 0.29) is 17.6 Å². The van der Waals surface area contributed by atoms with Crippen molar-refractivity contribution in [3.63, 3.8) is 0 Å². The third-order valence-corrected chi connectivity index (χ3v) is 4.47. The van der Waals surface area contributed by atoms with Gasteiger partial charge >= 0.3 is 0 Å². The maximum atomic E-state index is 13.2. The van der Waals surface area contributed by atoms with Crippen molar-refractivity contribution >= 4 is 5.91 Å². The van der Waals surface area contributed by atoms with Crippen LogP contribution in [-0.4, -0.2) is 55.6 Å². The summed E-state index contributed by atoms with van der Waals surface area (Å²) >= 11 is 0. The smallest absolute Gasteiger partial charge is 0.227 e. The lowest BCUT2D eigenvalue weighted by Crippen LogP contribution is -2.33. The number of nitrogens with zero attached hydrogens (tertiary/aromatic N) is 2. The normalized spacial score (nSPS) is 25.6. The summed E-state index contributed by atoms with van der Waals surface area (Å²) in [5.41, 5.74) is 0.861. The molecule has 5 heteroatoms. The Morgan fingerprint density at radius 3 is 2.90 bits per heavy atom. The van der Waals surface area contributed by atoms with Gasteiger partial charge in [-0.15, -0.1) is 0 Å². The molecule has 21 heavy (non-hydrogen) atoms. The molecule has 0 aliphatic carbocycles. The minimum atomic E-state index is -0.245. The fraction of sp³-hybridized carbons (Fsp3) is 0.562. The van der Waals surface area contributed by atoms with E-state index in [0.717, 1.165) is 31.7 Å². The molecule has 0 saturated carbocycles. The zero-order valence-corrected chi connectivity index (χ0v) is 12.3. The summed E-state index contributed by atoms with van der Waals surface area (Å²) in [6.07, 6.45) is 0. The van der Waals surface area contributed by atoms with Gasteiger partial charge in [0.2, 0.25) is 5.91 Å². The Bertz CT molecular complexity index is 523. The fourth-order valence-corrected chi connectivity index (χ4v) is 3.43. The van der Waals surface area contributed by atoms with Crippen molar-refractivity contribution in [1.29, 1.82) is 0 Å². The molecule has 3 rings (SSSR count). The Hall–Kier alpha value is -1.46. The van der Waals surface area contributed by atoms with Gasteiger partial charge in [-0.25, -0.2) is 4.39 Å². The maximum absolute atomic E-state index is 13.2. The summed E-state index contributed by atoms with van der Waals surface area (Å²) in [6.45, 7) is 4.68. The molecule has 2 atom stereocenters. The summed E-state index contributed by atoms with van der Waals surface area (Å²) in [7, 11) is 1.70. The van der Waals surface area contributed by atoms with Crippen LogP contribution in [0.5, 0.6) is 0 Å². The summed E-state index contributed by atoms with van der Waals surface area (Å²) in [5.74, 6) is 0.479. The molecular weight excluding hydrogens is 271 g/mol. The number of benzene rings is 1. The van der Waals surface area contributed by atoms with Gasteiger partial charge in [-0.05, 0) is 17.7 Å². The van der Waals surface area contributed by atoms with Crippen LogP contribution in [-0.2, 0) is 16.1 Å². The summed E-state index contributed by atoms with van der Waals surface area (Å²) in [6, 6.07) is 6.50. The number of carbonyl (C=O) groups excluding carboxylic acids is 1. The number of hydrogen-bond acceptors (Lipinski definition) is 3. The van der Waals surface area contributed by atoms with E-state index in [4.69, 9.17) is 4.74 Å². The van der Waals surface area contributed by atoms with Crippen LogP contribution in [0.4, 0.5) is 4.39 Å². The van der Waals surface area contributed by atoms with Gasteiger partial charge in [0.1, 0.15) is 5.82 Å². The average Bonchev–Trinajstić information content (AvgIpc) is 2.97. The first kappa shape index (κ1) is 14.5. The number of hydrogen-bond donors (Lipinski definition) is 0. The van der Waals surface area contributed by atoms with Gasteiger partial charge in [-0.2, -0.15) is 0 Å². The van der Waals surface area contributed by atoms with Crippen LogP contribution in [0, 0.1) is 17.7 Å². The highest BCUT2D eigenvalue weighted by Gasteiger charge is 2.45. The van der Waals surface area contributed by atoms with Crippen molar-refractivity contribution in [1.82, 2.24) is 9.80 Å². The van der Waals surface area contributed by atoms with Gasteiger partial charge < -0.3 is 9.64 Å². The zero-order valence-electron chi connectivity index (χ0n) is 12.3. The van der Waals surface area contributed by atoms with Crippen molar-refractivity contribution in [3.05, 3.63) is 35.6 Å². The molecule has 1 aromatic carbocycles. The predicted octanol–water partition coefficient (Wildman–Crippen LogP) is 1.36. The van der Waals surface area contributed by atoms with Crippen molar-refractivity contribution in [2.24, 2.45) is 11.8 Å². The van der Waals surface area contributed by atoms with E-state index < -0.39 is 0 Å². The number of amides is 1. The Labute approximate surface area is 124 Å². The van der Waals surface area contributed by atoms with Crippen LogP contribution >= 0.6 is 0 Å². The maximum Gasteiger partial charge on any atom is 0.227 e. The summed E-state index contributed by atoms with van der Waals surface area (Å²) < 4.78 is 18.3. The van der Waals surface area contributed by atoms with Gasteiger partial charge in [-0.1, -0.05) is 12.1 Å². The standard InChI is InChI=1S/C16H21FN2O2/c1-21-6-5-18-9-13-10-19(16(20)15(13)11-18)8-12-3-2-4-14(17)7-12/h2-4,7,13,15H,5-6,8-11H2,1H3/t13-,15-/m0/s1. The first-order chi connectivity index (χ1) is 10.2. The Balaban J connectivity index is 1.59. The largest absolute Gasteiger partial charge is 0.383 e. The van der Waals surface area contributed by atoms with E-state index in [1.54, 1.807) is 13.2 Å². The Morgan fingerprint density at radius 2 is 2.19 bits per heavy atom. The van der Waals surface area contributed by atoms with Crippen LogP contribution in [0.3, 0.4) is 0 Å². The molecule has 2 saturated heterocycles. The lowest BCUT2D eigenvalue weighted by Gasteiger charge is -2.21. The number of carbonyl (C=O) groups is 1. The van der Waals surface area contributed by atoms with Crippen LogP contribution in [0.1, 0.15) is 5.56 Å². The molecule has 0 unspecified atom stereocenters. The van der Waals surface area contributed by atoms with E-state index in [9.17, 15) is 9.18 Å². The molecule has 2 aliphatic heterocycles. The SMILES string of the molecule is COCCN1C[C@H]2CN(Cc3cccc(F)c3)C(=O)[C@H]2C1. The molecule has 2 aliphatic rings. The molecular formula is C16H21FN2O2. The summed E-state index contributed by atoms with van der Waals surface area (Å²) in [5, 5.41) is 0. The van der Waals surface area contributed by atoms with Gasteiger partial charge in [-0.3, -0.25) is 9.69 Å². The number of likely N-dealkylation sites (tertiary alicyclic amines) is 2. The highest BCUT2D eigenvalue weighted by molar-refractivity contribution is 5.82. The van der Waals surface area contributed by atoms with Gasteiger partial charge in [0.25, 0.3) is 0 Å². The minimum absolute atomic E-state index is 0.107. The minimum Gasteiger partial charge on any atom is -0.383 e. The molecule has 2 fully saturated rings. The number of halogens is 1. The molecule has 2 heterocycles. The van der Waals surface area contributed by atoms with Gasteiger partial charge in [0.05, 0.1) is 12.5 Å². The van der Waals surface area contributed by atoms with E-state index in [2.05, 4.69) is 4.90 Å². The lowest BCUT2D eigenvalue weighted by molar-refractivity contribution is -0.131. The van der Waals surface area contributed by atoms with Gasteiger partial charge in [0.15, 0.2) is 0 Å². The van der Waals surface area contributed by atoms with Crippen LogP contribution in [0.25, 0.3) is 0 Å². The van der Waals surface area contributed by atoms with E-state index in [1.807, 2.05) is 11.0 Å². The molecule has 0 spiro atoms. The highest BCUT2D eigenvalue weighted by Crippen LogP contribution is 2.32. The first-order valence-electron chi connectivity index (χ1n) is 7.42. The molecule has 0 bridgehead atoms. The fourth-order valence-electron chi connectivity index (χ4n) is 3.43. The van der Waals surface area contributed by atoms with Crippen LogP contribution in [0.2, 0.25) is 0 Å². The number of ether oxygens (including phenoxy) is 1. The van der Waals surface area contributed by atoms with Crippen molar-refractivity contribution in [2.75, 3.05) is 39.9 Å². The molecule has 1 amide bonds. The molecule has 0 N–H and O–H groups in total. The predicted molar refractivity (Wildman–Crippen MR) is 77.1 cm³/mol. The molecule has 1 aromatic rings. The molecule has 114 valence electrons. The van der Waals surface area contributed by atoms with Crippen molar-refractivity contribution in [2.45, 2.75) is 6.54 Å². The van der Waals surface area contributed by atoms with Gasteiger partial charge in [0, 0.05) is 45.8 Å².